The molecular formula is C23H21N3O2S. The van der Waals surface area contributed by atoms with Crippen molar-refractivity contribution in [2.24, 2.45) is 4.99 Å². The molecule has 0 saturated carbocycles. The van der Waals surface area contributed by atoms with Crippen molar-refractivity contribution >= 4 is 35.3 Å². The Morgan fingerprint density at radius 1 is 1.14 bits per heavy atom. The van der Waals surface area contributed by atoms with E-state index in [-0.39, 0.29) is 16.2 Å². The highest BCUT2D eigenvalue weighted by molar-refractivity contribution is 7.71. The summed E-state index contributed by atoms with van der Waals surface area (Å²) in [5, 5.41) is 10.8. The molecule has 3 aromatic rings. The largest absolute Gasteiger partial charge is 0.494 e. The van der Waals surface area contributed by atoms with E-state index in [4.69, 9.17) is 17.2 Å². The van der Waals surface area contributed by atoms with Crippen LogP contribution in [0.5, 0.6) is 5.88 Å². The summed E-state index contributed by atoms with van der Waals surface area (Å²) in [5.41, 5.74) is 4.05. The molecule has 0 fully saturated rings. The van der Waals surface area contributed by atoms with Gasteiger partial charge in [-0.15, -0.1) is 0 Å². The van der Waals surface area contributed by atoms with E-state index in [1.165, 1.54) is 0 Å². The zero-order valence-corrected chi connectivity index (χ0v) is 16.9. The maximum atomic E-state index is 12.6. The average Bonchev–Trinajstić information content (AvgIpc) is 3.10. The Hall–Kier alpha value is -3.25. The molecule has 0 amide bonds. The number of aromatic nitrogens is 2. The van der Waals surface area contributed by atoms with Crippen LogP contribution in [-0.4, -0.2) is 20.4 Å². The van der Waals surface area contributed by atoms with E-state index in [2.05, 4.69) is 11.9 Å². The van der Waals surface area contributed by atoms with Crippen LogP contribution in [0.2, 0.25) is 0 Å². The topological polar surface area (TPSA) is 70.4 Å². The second-order valence-corrected chi connectivity index (χ2v) is 7.29. The zero-order valence-electron chi connectivity index (χ0n) is 16.1. The van der Waals surface area contributed by atoms with E-state index in [9.17, 15) is 9.90 Å². The van der Waals surface area contributed by atoms with Gasteiger partial charge in [0.25, 0.3) is 5.56 Å². The molecule has 6 heteroatoms. The second-order valence-electron chi connectivity index (χ2n) is 6.90. The molecule has 146 valence electrons. The molecule has 5 nitrogen and oxygen atoms in total. The number of rotatable bonds is 5. The highest BCUT2D eigenvalue weighted by Gasteiger charge is 2.23. The summed E-state index contributed by atoms with van der Waals surface area (Å²) in [6.45, 7) is 2.61. The fraction of sp³-hybridized carbons (Fsp3) is 0.174. The van der Waals surface area contributed by atoms with E-state index in [0.717, 1.165) is 40.9 Å². The number of para-hydroxylation sites is 1. The fourth-order valence-corrected chi connectivity index (χ4v) is 3.71. The number of nitrogens with one attached hydrogen (secondary N) is 1. The van der Waals surface area contributed by atoms with Crippen LogP contribution in [0.15, 0.2) is 64.4 Å². The Morgan fingerprint density at radius 3 is 2.62 bits per heavy atom. The summed E-state index contributed by atoms with van der Waals surface area (Å²) in [6.07, 6.45) is 3.52. The van der Waals surface area contributed by atoms with Gasteiger partial charge in [-0.3, -0.25) is 14.3 Å². The first-order valence-corrected chi connectivity index (χ1v) is 10.0. The zero-order chi connectivity index (χ0) is 20.4. The Labute approximate surface area is 173 Å². The standard InChI is InChI=1S/C23H21N3O2S/c1-2-3-13-26-22(28)18(21(27)25-23(26)29)14-17-16-11-7-8-12-19(16)24-20(17)15-9-5-4-6-10-15/h4-12,14,28H,2-3,13H2,1H3,(H,25,27,29)/b17-14+. The van der Waals surface area contributed by atoms with Crippen molar-refractivity contribution in [2.45, 2.75) is 26.3 Å². The lowest BCUT2D eigenvalue weighted by Gasteiger charge is -2.12. The van der Waals surface area contributed by atoms with Crippen LogP contribution < -0.4 is 5.56 Å². The van der Waals surface area contributed by atoms with Crippen molar-refractivity contribution in [3.8, 4) is 5.88 Å². The number of hydrogen-bond donors (Lipinski definition) is 2. The van der Waals surface area contributed by atoms with Gasteiger partial charge in [-0.2, -0.15) is 0 Å². The predicted molar refractivity (Wildman–Crippen MR) is 119 cm³/mol. The summed E-state index contributed by atoms with van der Waals surface area (Å²) in [5.74, 6) is -0.114. The summed E-state index contributed by atoms with van der Waals surface area (Å²) >= 11 is 5.25. The lowest BCUT2D eigenvalue weighted by molar-refractivity contribution is 0.398. The molecule has 0 saturated heterocycles. The number of H-pyrrole nitrogens is 1. The van der Waals surface area contributed by atoms with E-state index < -0.39 is 5.56 Å². The molecule has 0 unspecified atom stereocenters. The summed E-state index contributed by atoms with van der Waals surface area (Å²) in [4.78, 5) is 20.1. The van der Waals surface area contributed by atoms with Gasteiger partial charge >= 0.3 is 0 Å². The van der Waals surface area contributed by atoms with E-state index >= 15 is 0 Å². The fourth-order valence-electron chi connectivity index (χ4n) is 3.44. The maximum absolute atomic E-state index is 12.6. The first-order chi connectivity index (χ1) is 14.1. The molecule has 2 aromatic carbocycles. The number of aromatic hydroxyl groups is 1. The van der Waals surface area contributed by atoms with Crippen LogP contribution in [0.1, 0.15) is 36.5 Å². The Bertz CT molecular complexity index is 1240. The quantitative estimate of drug-likeness (QED) is 0.583. The van der Waals surface area contributed by atoms with Crippen molar-refractivity contribution in [1.82, 2.24) is 9.55 Å². The first kappa shape index (κ1) is 19.1. The number of fused-ring (bicyclic) bond motifs is 1. The predicted octanol–water partition coefficient (Wildman–Crippen LogP) is 5.09. The van der Waals surface area contributed by atoms with Crippen molar-refractivity contribution in [2.75, 3.05) is 0 Å². The van der Waals surface area contributed by atoms with Gasteiger partial charge in [-0.25, -0.2) is 4.99 Å². The lowest BCUT2D eigenvalue weighted by atomic mass is 9.96. The van der Waals surface area contributed by atoms with Gasteiger partial charge in [-0.05, 0) is 30.8 Å². The number of unbranched alkanes of at least 4 members (excludes halogenated alkanes) is 1. The van der Waals surface area contributed by atoms with Crippen molar-refractivity contribution in [3.05, 3.63) is 86.4 Å². The molecule has 2 N–H and O–H groups in total. The molecular weight excluding hydrogens is 382 g/mol. The lowest BCUT2D eigenvalue weighted by Crippen LogP contribution is -2.17. The normalized spacial score (nSPS) is 14.1. The van der Waals surface area contributed by atoms with Crippen molar-refractivity contribution in [3.63, 3.8) is 0 Å². The highest BCUT2D eigenvalue weighted by atomic mass is 32.1. The minimum absolute atomic E-state index is 0.114. The smallest absolute Gasteiger partial charge is 0.262 e. The molecule has 0 atom stereocenters. The van der Waals surface area contributed by atoms with Gasteiger partial charge in [0.2, 0.25) is 5.88 Å². The number of nitrogens with zero attached hydrogens (tertiary/aromatic N) is 2. The van der Waals surface area contributed by atoms with Crippen LogP contribution in [0.25, 0.3) is 11.6 Å². The molecule has 1 aliphatic heterocycles. The summed E-state index contributed by atoms with van der Waals surface area (Å²) < 4.78 is 1.80. The van der Waals surface area contributed by atoms with Gasteiger partial charge in [0.15, 0.2) is 4.77 Å². The van der Waals surface area contributed by atoms with E-state index in [0.29, 0.717) is 6.54 Å². The Morgan fingerprint density at radius 2 is 1.86 bits per heavy atom. The Balaban J connectivity index is 1.92. The molecule has 4 rings (SSSR count). The number of hydrogen-bond acceptors (Lipinski definition) is 4. The maximum Gasteiger partial charge on any atom is 0.262 e. The molecule has 2 heterocycles. The van der Waals surface area contributed by atoms with Crippen LogP contribution in [-0.2, 0) is 6.54 Å². The highest BCUT2D eigenvalue weighted by Crippen LogP contribution is 2.38. The third-order valence-corrected chi connectivity index (χ3v) is 5.28. The van der Waals surface area contributed by atoms with Gasteiger partial charge in [0.05, 0.1) is 11.4 Å². The molecule has 0 bridgehead atoms. The van der Waals surface area contributed by atoms with Gasteiger partial charge in [0, 0.05) is 23.2 Å². The number of aliphatic imine (C=N–C) groups is 1. The third-order valence-electron chi connectivity index (χ3n) is 4.96. The van der Waals surface area contributed by atoms with Crippen molar-refractivity contribution < 1.29 is 5.11 Å². The van der Waals surface area contributed by atoms with Crippen LogP contribution in [0.4, 0.5) is 5.69 Å². The van der Waals surface area contributed by atoms with Crippen LogP contribution >= 0.6 is 12.2 Å². The molecule has 1 aromatic heterocycles. The second kappa shape index (κ2) is 8.01. The SMILES string of the molecule is CCCCn1c(O)c(/C=C2/C(c3ccccc3)=Nc3ccccc32)c(=O)[nH]c1=S. The van der Waals surface area contributed by atoms with Crippen LogP contribution in [0.3, 0.4) is 0 Å². The summed E-state index contributed by atoms with van der Waals surface area (Å²) in [6, 6.07) is 17.6. The minimum Gasteiger partial charge on any atom is -0.494 e. The Kier molecular flexibility index (Phi) is 5.27. The summed E-state index contributed by atoms with van der Waals surface area (Å²) in [7, 11) is 0. The molecule has 29 heavy (non-hydrogen) atoms. The molecule has 0 aliphatic carbocycles. The van der Waals surface area contributed by atoms with Gasteiger partial charge in [0.1, 0.15) is 5.56 Å². The molecule has 0 radical (unpaired) electrons. The molecule has 0 spiro atoms. The third kappa shape index (κ3) is 3.59. The number of aromatic amines is 1. The monoisotopic (exact) mass is 403 g/mol. The van der Waals surface area contributed by atoms with Gasteiger partial charge < -0.3 is 5.11 Å². The van der Waals surface area contributed by atoms with Gasteiger partial charge in [-0.1, -0.05) is 61.9 Å². The average molecular weight is 404 g/mol. The minimum atomic E-state index is -0.412. The van der Waals surface area contributed by atoms with E-state index in [1.807, 2.05) is 54.6 Å². The number of allylic oxidation sites excluding steroid dienone is 1. The van der Waals surface area contributed by atoms with E-state index in [1.54, 1.807) is 10.6 Å². The van der Waals surface area contributed by atoms with Crippen molar-refractivity contribution in [1.29, 1.82) is 0 Å². The van der Waals surface area contributed by atoms with Crippen LogP contribution in [0, 0.1) is 4.77 Å². The first-order valence-electron chi connectivity index (χ1n) is 9.62. The molecule has 1 aliphatic rings. The number of benzene rings is 2.